The average Bonchev–Trinajstić information content (AvgIpc) is 3.34. The number of aromatic nitrogens is 3. The summed E-state index contributed by atoms with van der Waals surface area (Å²) in [5.41, 5.74) is 1.75. The number of ether oxygens (including phenoxy) is 3. The van der Waals surface area contributed by atoms with E-state index >= 15 is 0 Å². The van der Waals surface area contributed by atoms with E-state index in [9.17, 15) is 4.79 Å². The van der Waals surface area contributed by atoms with E-state index in [2.05, 4.69) is 30.5 Å². The summed E-state index contributed by atoms with van der Waals surface area (Å²) >= 11 is 6.33. The summed E-state index contributed by atoms with van der Waals surface area (Å²) in [6, 6.07) is 4.12. The molecule has 3 aliphatic rings. The second-order valence-electron chi connectivity index (χ2n) is 9.60. The number of carbonyl (C=O) groups excluding carboxylic acids is 1. The number of hydrogen-bond donors (Lipinski definition) is 3. The first kappa shape index (κ1) is 25.0. The Morgan fingerprint density at radius 2 is 1.84 bits per heavy atom. The molecule has 0 spiro atoms. The molecule has 6 rings (SSSR count). The zero-order chi connectivity index (χ0) is 26.1. The third kappa shape index (κ3) is 4.81. The first-order chi connectivity index (χ1) is 18.6. The fraction of sp³-hybridized carbons (Fsp3) is 0.500. The number of amides is 1. The van der Waals surface area contributed by atoms with Gasteiger partial charge in [0.15, 0.2) is 11.5 Å². The van der Waals surface area contributed by atoms with Crippen molar-refractivity contribution in [3.05, 3.63) is 28.9 Å². The molecular formula is C26H32ClN7O4. The van der Waals surface area contributed by atoms with Crippen molar-refractivity contribution in [3.8, 4) is 11.5 Å². The second-order valence-corrected chi connectivity index (χ2v) is 10.0. The number of piperidine rings is 1. The summed E-state index contributed by atoms with van der Waals surface area (Å²) in [6.45, 7) is 8.39. The lowest BCUT2D eigenvalue weighted by Gasteiger charge is -2.40. The molecule has 3 N–H and O–H groups in total. The minimum atomic E-state index is -0.0353. The SMILES string of the molecule is CCNc1nc(Nc2ccc(C(=O)N3CCC(N4CCOCC4)CC3)c3c2OCCO3)nc2[nH]cc(Cl)c12. The van der Waals surface area contributed by atoms with Crippen molar-refractivity contribution in [2.75, 3.05) is 69.8 Å². The number of halogens is 1. The molecule has 0 bridgehead atoms. The standard InChI is InChI=1S/C26H32ClN7O4/c1-2-28-23-20-18(27)15-29-24(20)32-26(31-23)30-19-4-3-17(21-22(19)38-14-13-37-21)25(35)34-7-5-16(6-8-34)33-9-11-36-12-10-33/h3-4,15-16H,2,5-14H2,1H3,(H3,28,29,30,31,32). The van der Waals surface area contributed by atoms with Crippen molar-refractivity contribution < 1.29 is 19.0 Å². The van der Waals surface area contributed by atoms with E-state index in [0.717, 1.165) is 57.6 Å². The van der Waals surface area contributed by atoms with Crippen LogP contribution >= 0.6 is 11.6 Å². The second kappa shape index (κ2) is 10.8. The van der Waals surface area contributed by atoms with Crippen molar-refractivity contribution >= 4 is 46.0 Å². The third-order valence-corrected chi connectivity index (χ3v) is 7.60. The summed E-state index contributed by atoms with van der Waals surface area (Å²) in [4.78, 5) is 30.3. The van der Waals surface area contributed by atoms with Crippen molar-refractivity contribution in [2.24, 2.45) is 0 Å². The van der Waals surface area contributed by atoms with E-state index in [1.807, 2.05) is 17.9 Å². The van der Waals surface area contributed by atoms with E-state index in [4.69, 9.17) is 25.8 Å². The molecule has 0 saturated carbocycles. The molecular weight excluding hydrogens is 510 g/mol. The van der Waals surface area contributed by atoms with Crippen LogP contribution in [0, 0.1) is 0 Å². The number of H-pyrrole nitrogens is 1. The molecule has 2 aromatic heterocycles. The van der Waals surface area contributed by atoms with Gasteiger partial charge in [-0.15, -0.1) is 0 Å². The van der Waals surface area contributed by atoms with Crippen molar-refractivity contribution in [2.45, 2.75) is 25.8 Å². The highest BCUT2D eigenvalue weighted by Crippen LogP contribution is 2.42. The van der Waals surface area contributed by atoms with Crippen LogP contribution in [0.25, 0.3) is 11.0 Å². The molecule has 202 valence electrons. The van der Waals surface area contributed by atoms with Crippen LogP contribution in [0.3, 0.4) is 0 Å². The number of carbonyl (C=O) groups is 1. The zero-order valence-electron chi connectivity index (χ0n) is 21.4. The van der Waals surface area contributed by atoms with E-state index in [1.165, 1.54) is 0 Å². The third-order valence-electron chi connectivity index (χ3n) is 7.31. The van der Waals surface area contributed by atoms with Crippen LogP contribution in [-0.2, 0) is 4.74 Å². The van der Waals surface area contributed by atoms with Gasteiger partial charge in [-0.05, 0) is 31.9 Å². The molecule has 0 aliphatic carbocycles. The minimum Gasteiger partial charge on any atom is -0.485 e. The summed E-state index contributed by atoms with van der Waals surface area (Å²) in [5.74, 6) is 1.91. The van der Waals surface area contributed by atoms with Gasteiger partial charge in [-0.3, -0.25) is 9.69 Å². The molecule has 1 amide bonds. The Kier molecular flexibility index (Phi) is 7.14. The Morgan fingerprint density at radius 1 is 1.08 bits per heavy atom. The number of aromatic amines is 1. The number of nitrogens with one attached hydrogen (secondary N) is 3. The molecule has 3 aromatic rings. The van der Waals surface area contributed by atoms with Gasteiger partial charge in [-0.25, -0.2) is 0 Å². The molecule has 11 nitrogen and oxygen atoms in total. The van der Waals surface area contributed by atoms with Crippen molar-refractivity contribution in [1.82, 2.24) is 24.8 Å². The minimum absolute atomic E-state index is 0.0353. The molecule has 0 unspecified atom stereocenters. The van der Waals surface area contributed by atoms with Gasteiger partial charge in [0.05, 0.1) is 34.9 Å². The topological polar surface area (TPSA) is 117 Å². The van der Waals surface area contributed by atoms with Crippen LogP contribution in [0.4, 0.5) is 17.5 Å². The number of anilines is 3. The van der Waals surface area contributed by atoms with Gasteiger partial charge in [0, 0.05) is 45.0 Å². The molecule has 2 fully saturated rings. The Morgan fingerprint density at radius 3 is 2.61 bits per heavy atom. The van der Waals surface area contributed by atoms with Gasteiger partial charge in [-0.1, -0.05) is 11.6 Å². The van der Waals surface area contributed by atoms with Gasteiger partial charge in [0.1, 0.15) is 24.7 Å². The number of morpholine rings is 1. The van der Waals surface area contributed by atoms with E-state index in [-0.39, 0.29) is 5.91 Å². The molecule has 38 heavy (non-hydrogen) atoms. The van der Waals surface area contributed by atoms with Gasteiger partial charge in [0.2, 0.25) is 5.95 Å². The average molecular weight is 542 g/mol. The highest BCUT2D eigenvalue weighted by molar-refractivity contribution is 6.36. The van der Waals surface area contributed by atoms with Crippen LogP contribution in [0.5, 0.6) is 11.5 Å². The Balaban J connectivity index is 1.22. The fourth-order valence-electron chi connectivity index (χ4n) is 5.42. The summed E-state index contributed by atoms with van der Waals surface area (Å²) in [6.07, 6.45) is 3.61. The van der Waals surface area contributed by atoms with Crippen molar-refractivity contribution in [1.29, 1.82) is 0 Å². The van der Waals surface area contributed by atoms with Gasteiger partial charge >= 0.3 is 0 Å². The zero-order valence-corrected chi connectivity index (χ0v) is 22.1. The lowest BCUT2D eigenvalue weighted by Crippen LogP contribution is -2.50. The number of fused-ring (bicyclic) bond motifs is 2. The Bertz CT molecular complexity index is 1320. The lowest BCUT2D eigenvalue weighted by atomic mass is 10.0. The fourth-order valence-corrected chi connectivity index (χ4v) is 5.65. The maximum atomic E-state index is 13.6. The molecule has 5 heterocycles. The highest BCUT2D eigenvalue weighted by atomic mass is 35.5. The smallest absolute Gasteiger partial charge is 0.257 e. The van der Waals surface area contributed by atoms with E-state index in [1.54, 1.807) is 12.3 Å². The van der Waals surface area contributed by atoms with Gasteiger partial charge in [-0.2, -0.15) is 9.97 Å². The van der Waals surface area contributed by atoms with Crippen LogP contribution in [0.1, 0.15) is 30.1 Å². The Labute approximate surface area is 225 Å². The molecule has 0 atom stereocenters. The molecule has 1 aromatic carbocycles. The normalized spacial score (nSPS) is 18.5. The maximum absolute atomic E-state index is 13.6. The van der Waals surface area contributed by atoms with Crippen molar-refractivity contribution in [3.63, 3.8) is 0 Å². The number of likely N-dealkylation sites (tertiary alicyclic amines) is 1. The van der Waals surface area contributed by atoms with E-state index < -0.39 is 0 Å². The maximum Gasteiger partial charge on any atom is 0.257 e. The van der Waals surface area contributed by atoms with Gasteiger partial charge < -0.3 is 34.7 Å². The molecule has 12 heteroatoms. The first-order valence-electron chi connectivity index (χ1n) is 13.2. The predicted molar refractivity (Wildman–Crippen MR) is 145 cm³/mol. The number of rotatable bonds is 6. The highest BCUT2D eigenvalue weighted by Gasteiger charge is 2.31. The number of nitrogens with zero attached hydrogens (tertiary/aromatic N) is 4. The molecule has 3 aliphatic heterocycles. The summed E-state index contributed by atoms with van der Waals surface area (Å²) < 4.78 is 17.5. The van der Waals surface area contributed by atoms with Gasteiger partial charge in [0.25, 0.3) is 5.91 Å². The predicted octanol–water partition coefficient (Wildman–Crippen LogP) is 3.49. The Hall–Kier alpha value is -3.28. The quantitative estimate of drug-likeness (QED) is 0.431. The van der Waals surface area contributed by atoms with Crippen LogP contribution < -0.4 is 20.1 Å². The number of hydrogen-bond acceptors (Lipinski definition) is 9. The van der Waals surface area contributed by atoms with E-state index in [0.29, 0.717) is 71.0 Å². The first-order valence-corrected chi connectivity index (χ1v) is 13.6. The monoisotopic (exact) mass is 541 g/mol. The number of benzene rings is 1. The van der Waals surface area contributed by atoms with Crippen LogP contribution in [0.2, 0.25) is 5.02 Å². The summed E-state index contributed by atoms with van der Waals surface area (Å²) in [7, 11) is 0. The molecule has 2 saturated heterocycles. The molecule has 0 radical (unpaired) electrons. The largest absolute Gasteiger partial charge is 0.485 e. The van der Waals surface area contributed by atoms with Crippen LogP contribution in [-0.4, -0.2) is 95.9 Å². The summed E-state index contributed by atoms with van der Waals surface area (Å²) in [5, 5.41) is 7.77. The lowest BCUT2D eigenvalue weighted by molar-refractivity contribution is 0.00152. The van der Waals surface area contributed by atoms with Crippen LogP contribution in [0.15, 0.2) is 18.3 Å².